The topological polar surface area (TPSA) is 72.9 Å². The van der Waals surface area contributed by atoms with E-state index in [0.29, 0.717) is 5.69 Å². The van der Waals surface area contributed by atoms with E-state index < -0.39 is 5.82 Å². The lowest BCUT2D eigenvalue weighted by molar-refractivity contribution is -0.111. The lowest BCUT2D eigenvalue weighted by atomic mass is 10.1. The molecule has 0 saturated carbocycles. The number of aromatic nitrogens is 2. The minimum atomic E-state index is -0.444. The zero-order valence-corrected chi connectivity index (χ0v) is 14.8. The molecule has 0 bridgehead atoms. The number of nitrogens with two attached hydrogens (primary N) is 1. The highest BCUT2D eigenvalue weighted by Gasteiger charge is 2.04. The standard InChI is InChI=1S/C21H21FN4O/c22-18-9-10-20(19(23)13-18)25-21(27)11-8-17-14-24-26(15-17)12-4-7-16-5-2-1-3-6-16/h1-3,5-6,8-11,13-15H,4,7,12,23H2,(H,25,27)/b11-8+. The number of carbonyl (C=O) groups excluding carboxylic acids is 1. The van der Waals surface area contributed by atoms with Crippen molar-refractivity contribution in [2.45, 2.75) is 19.4 Å². The molecule has 0 atom stereocenters. The van der Waals surface area contributed by atoms with Gasteiger partial charge in [-0.15, -0.1) is 0 Å². The monoisotopic (exact) mass is 364 g/mol. The summed E-state index contributed by atoms with van der Waals surface area (Å²) in [6.07, 6.45) is 8.65. The summed E-state index contributed by atoms with van der Waals surface area (Å²) in [7, 11) is 0. The van der Waals surface area contributed by atoms with Crippen molar-refractivity contribution in [2.24, 2.45) is 0 Å². The van der Waals surface area contributed by atoms with Crippen LogP contribution in [-0.2, 0) is 17.8 Å². The van der Waals surface area contributed by atoms with Crippen molar-refractivity contribution in [2.75, 3.05) is 11.1 Å². The molecule has 6 heteroatoms. The first-order valence-electron chi connectivity index (χ1n) is 8.70. The first kappa shape index (κ1) is 18.4. The quantitative estimate of drug-likeness (QED) is 0.493. The third-order valence-corrected chi connectivity index (χ3v) is 4.05. The van der Waals surface area contributed by atoms with Crippen molar-refractivity contribution in [3.05, 3.63) is 83.9 Å². The zero-order valence-electron chi connectivity index (χ0n) is 14.8. The average Bonchev–Trinajstić information content (AvgIpc) is 3.11. The van der Waals surface area contributed by atoms with Crippen molar-refractivity contribution in [1.29, 1.82) is 0 Å². The molecule has 0 aliphatic heterocycles. The van der Waals surface area contributed by atoms with E-state index in [1.54, 1.807) is 12.3 Å². The van der Waals surface area contributed by atoms with Crippen LogP contribution < -0.4 is 11.1 Å². The van der Waals surface area contributed by atoms with E-state index in [2.05, 4.69) is 22.5 Å². The molecule has 3 N–H and O–H groups in total. The van der Waals surface area contributed by atoms with E-state index >= 15 is 0 Å². The van der Waals surface area contributed by atoms with E-state index in [1.165, 1.54) is 29.8 Å². The number of anilines is 2. The van der Waals surface area contributed by atoms with E-state index in [-0.39, 0.29) is 11.6 Å². The maximum absolute atomic E-state index is 13.0. The maximum Gasteiger partial charge on any atom is 0.248 e. The predicted octanol–water partition coefficient (Wildman–Crippen LogP) is 3.89. The van der Waals surface area contributed by atoms with Crippen LogP contribution in [-0.4, -0.2) is 15.7 Å². The van der Waals surface area contributed by atoms with Gasteiger partial charge in [0.05, 0.1) is 17.6 Å². The highest BCUT2D eigenvalue weighted by molar-refractivity contribution is 6.03. The van der Waals surface area contributed by atoms with E-state index in [4.69, 9.17) is 5.73 Å². The second-order valence-corrected chi connectivity index (χ2v) is 6.18. The summed E-state index contributed by atoms with van der Waals surface area (Å²) in [5.74, 6) is -0.786. The van der Waals surface area contributed by atoms with Crippen LogP contribution in [0.3, 0.4) is 0 Å². The molecule has 3 aromatic rings. The average molecular weight is 364 g/mol. The van der Waals surface area contributed by atoms with Gasteiger partial charge in [-0.3, -0.25) is 9.48 Å². The molecule has 2 aromatic carbocycles. The van der Waals surface area contributed by atoms with E-state index in [0.717, 1.165) is 24.9 Å². The summed E-state index contributed by atoms with van der Waals surface area (Å²) in [5, 5.41) is 6.93. The molecule has 1 aromatic heterocycles. The molecule has 3 rings (SSSR count). The molecule has 1 amide bonds. The van der Waals surface area contributed by atoms with Crippen molar-refractivity contribution >= 4 is 23.4 Å². The summed E-state index contributed by atoms with van der Waals surface area (Å²) in [5.41, 5.74) is 8.37. The van der Waals surface area contributed by atoms with Gasteiger partial charge in [0.2, 0.25) is 5.91 Å². The number of nitrogen functional groups attached to an aromatic ring is 1. The fourth-order valence-electron chi connectivity index (χ4n) is 2.67. The largest absolute Gasteiger partial charge is 0.397 e. The first-order valence-corrected chi connectivity index (χ1v) is 8.70. The number of nitrogens with one attached hydrogen (secondary N) is 1. The lowest BCUT2D eigenvalue weighted by Gasteiger charge is -2.05. The molecule has 27 heavy (non-hydrogen) atoms. The van der Waals surface area contributed by atoms with Crippen LogP contribution in [0.5, 0.6) is 0 Å². The minimum absolute atomic E-state index is 0.183. The number of benzene rings is 2. The third kappa shape index (κ3) is 5.54. The number of nitrogens with zero attached hydrogens (tertiary/aromatic N) is 2. The molecule has 5 nitrogen and oxygen atoms in total. The van der Waals surface area contributed by atoms with Crippen molar-refractivity contribution in [1.82, 2.24) is 9.78 Å². The Labute approximate surface area is 157 Å². The molecular formula is C21H21FN4O. The van der Waals surface area contributed by atoms with Crippen LogP contribution >= 0.6 is 0 Å². The summed E-state index contributed by atoms with van der Waals surface area (Å²) < 4.78 is 14.9. The molecule has 0 radical (unpaired) electrons. The van der Waals surface area contributed by atoms with Gasteiger partial charge in [-0.2, -0.15) is 5.10 Å². The lowest BCUT2D eigenvalue weighted by Crippen LogP contribution is -2.09. The molecule has 0 unspecified atom stereocenters. The molecular weight excluding hydrogens is 343 g/mol. The number of aryl methyl sites for hydroxylation is 2. The number of rotatable bonds is 7. The van der Waals surface area contributed by atoms with Crippen molar-refractivity contribution < 1.29 is 9.18 Å². The van der Waals surface area contributed by atoms with Gasteiger partial charge in [0.25, 0.3) is 0 Å². The van der Waals surface area contributed by atoms with Gasteiger partial charge >= 0.3 is 0 Å². The highest BCUT2D eigenvalue weighted by Crippen LogP contribution is 2.19. The Morgan fingerprint density at radius 1 is 1.22 bits per heavy atom. The molecule has 0 aliphatic carbocycles. The second-order valence-electron chi connectivity index (χ2n) is 6.18. The van der Waals surface area contributed by atoms with Gasteiger partial charge < -0.3 is 11.1 Å². The molecule has 138 valence electrons. The summed E-state index contributed by atoms with van der Waals surface area (Å²) in [6.45, 7) is 0.807. The van der Waals surface area contributed by atoms with Crippen molar-refractivity contribution in [3.8, 4) is 0 Å². The van der Waals surface area contributed by atoms with Crippen LogP contribution in [0.4, 0.5) is 15.8 Å². The second kappa shape index (κ2) is 8.80. The number of hydrogen-bond acceptors (Lipinski definition) is 3. The number of carbonyl (C=O) groups is 1. The Bertz CT molecular complexity index is 934. The Morgan fingerprint density at radius 2 is 2.04 bits per heavy atom. The van der Waals surface area contributed by atoms with Gasteiger partial charge in [0.1, 0.15) is 5.82 Å². The van der Waals surface area contributed by atoms with Gasteiger partial charge in [-0.25, -0.2) is 4.39 Å². The maximum atomic E-state index is 13.0. The SMILES string of the molecule is Nc1cc(F)ccc1NC(=O)/C=C/c1cnn(CCCc2ccccc2)c1. The molecule has 0 spiro atoms. The van der Waals surface area contributed by atoms with Crippen molar-refractivity contribution in [3.63, 3.8) is 0 Å². The highest BCUT2D eigenvalue weighted by atomic mass is 19.1. The van der Waals surface area contributed by atoms with Gasteiger partial charge in [0.15, 0.2) is 0 Å². The summed E-state index contributed by atoms with van der Waals surface area (Å²) >= 11 is 0. The Morgan fingerprint density at radius 3 is 2.81 bits per heavy atom. The van der Waals surface area contributed by atoms with Crippen LogP contribution in [0.2, 0.25) is 0 Å². The fraction of sp³-hybridized carbons (Fsp3) is 0.143. The summed E-state index contributed by atoms with van der Waals surface area (Å²) in [4.78, 5) is 12.0. The molecule has 0 aliphatic rings. The van der Waals surface area contributed by atoms with Gasteiger partial charge in [0, 0.05) is 24.4 Å². The van der Waals surface area contributed by atoms with Gasteiger partial charge in [-0.1, -0.05) is 30.3 Å². The van der Waals surface area contributed by atoms with E-state index in [9.17, 15) is 9.18 Å². The Kier molecular flexibility index (Phi) is 5.99. The van der Waals surface area contributed by atoms with Crippen LogP contribution in [0, 0.1) is 5.82 Å². The minimum Gasteiger partial charge on any atom is -0.397 e. The van der Waals surface area contributed by atoms with Gasteiger partial charge in [-0.05, 0) is 42.7 Å². The Balaban J connectivity index is 1.49. The normalized spacial score (nSPS) is 11.0. The number of hydrogen-bond donors (Lipinski definition) is 2. The Hall–Kier alpha value is -3.41. The number of amides is 1. The third-order valence-electron chi connectivity index (χ3n) is 4.05. The smallest absolute Gasteiger partial charge is 0.248 e. The summed E-state index contributed by atoms with van der Waals surface area (Å²) in [6, 6.07) is 14.2. The number of halogens is 1. The molecule has 1 heterocycles. The predicted molar refractivity (Wildman–Crippen MR) is 105 cm³/mol. The first-order chi connectivity index (χ1) is 13.1. The molecule has 0 fully saturated rings. The van der Waals surface area contributed by atoms with Crippen LogP contribution in [0.1, 0.15) is 17.5 Å². The van der Waals surface area contributed by atoms with Crippen LogP contribution in [0.15, 0.2) is 67.0 Å². The van der Waals surface area contributed by atoms with Crippen LogP contribution in [0.25, 0.3) is 6.08 Å². The van der Waals surface area contributed by atoms with E-state index in [1.807, 2.05) is 29.1 Å². The fourth-order valence-corrected chi connectivity index (χ4v) is 2.67. The molecule has 0 saturated heterocycles. The zero-order chi connectivity index (χ0) is 19.1.